The van der Waals surface area contributed by atoms with Crippen LogP contribution in [0, 0.1) is 5.92 Å². The lowest BCUT2D eigenvalue weighted by atomic mass is 9.91. The smallest absolute Gasteiger partial charge is 0.0350 e. The molecule has 0 aromatic carbocycles. The van der Waals surface area contributed by atoms with Crippen LogP contribution in [0.2, 0.25) is 0 Å². The van der Waals surface area contributed by atoms with Crippen LogP contribution in [-0.4, -0.2) is 28.3 Å². The molecule has 1 aliphatic carbocycles. The monoisotopic (exact) mass is 231 g/mol. The van der Waals surface area contributed by atoms with E-state index in [1.165, 1.54) is 25.7 Å². The van der Waals surface area contributed by atoms with E-state index >= 15 is 0 Å². The third-order valence-corrected chi connectivity index (χ3v) is 5.07. The van der Waals surface area contributed by atoms with Gasteiger partial charge in [0.25, 0.3) is 0 Å². The van der Waals surface area contributed by atoms with E-state index in [1.807, 2.05) is 0 Å². The summed E-state index contributed by atoms with van der Waals surface area (Å²) in [6, 6.07) is 0. The zero-order valence-corrected chi connectivity index (χ0v) is 10.9. The summed E-state index contributed by atoms with van der Waals surface area (Å²) in [5.74, 6) is 1.69. The molecule has 1 aliphatic rings. The fourth-order valence-electron chi connectivity index (χ4n) is 2.30. The summed E-state index contributed by atoms with van der Waals surface area (Å²) < 4.78 is 12.0. The van der Waals surface area contributed by atoms with Crippen molar-refractivity contribution < 1.29 is 4.21 Å². The predicted molar refractivity (Wildman–Crippen MR) is 67.6 cm³/mol. The predicted octanol–water partition coefficient (Wildman–Crippen LogP) is 2.31. The molecular weight excluding hydrogens is 206 g/mol. The average Bonchev–Trinajstić information content (AvgIpc) is 2.24. The van der Waals surface area contributed by atoms with Crippen LogP contribution >= 0.6 is 0 Å². The summed E-state index contributed by atoms with van der Waals surface area (Å²) >= 11 is 0. The van der Waals surface area contributed by atoms with Crippen molar-refractivity contribution in [3.63, 3.8) is 0 Å². The number of nitrogens with one attached hydrogen (secondary N) is 1. The van der Waals surface area contributed by atoms with Crippen molar-refractivity contribution in [2.45, 2.75) is 51.2 Å². The lowest BCUT2D eigenvalue weighted by Crippen LogP contribution is -2.26. The molecule has 3 atom stereocenters. The van der Waals surface area contributed by atoms with Gasteiger partial charge in [0.1, 0.15) is 0 Å². The highest BCUT2D eigenvalue weighted by atomic mass is 32.2. The van der Waals surface area contributed by atoms with Crippen molar-refractivity contribution in [2.75, 3.05) is 18.8 Å². The molecular formula is C12H25NOS. The van der Waals surface area contributed by atoms with E-state index < -0.39 is 10.8 Å². The topological polar surface area (TPSA) is 29.1 Å². The maximum atomic E-state index is 12.0. The lowest BCUT2D eigenvalue weighted by Gasteiger charge is -2.26. The molecule has 3 heteroatoms. The Hall–Kier alpha value is 0.110. The summed E-state index contributed by atoms with van der Waals surface area (Å²) in [5, 5.41) is 3.78. The van der Waals surface area contributed by atoms with Crippen LogP contribution in [0.1, 0.15) is 46.0 Å². The highest BCUT2D eigenvalue weighted by molar-refractivity contribution is 7.85. The molecule has 90 valence electrons. The van der Waals surface area contributed by atoms with Crippen LogP contribution in [0.3, 0.4) is 0 Å². The molecule has 0 heterocycles. The van der Waals surface area contributed by atoms with Gasteiger partial charge in [-0.1, -0.05) is 26.7 Å². The Morgan fingerprint density at radius 1 is 1.40 bits per heavy atom. The van der Waals surface area contributed by atoms with E-state index in [4.69, 9.17) is 0 Å². The molecule has 1 saturated carbocycles. The molecule has 0 spiro atoms. The Kier molecular flexibility index (Phi) is 6.50. The van der Waals surface area contributed by atoms with Gasteiger partial charge in [-0.2, -0.15) is 0 Å². The van der Waals surface area contributed by atoms with Crippen LogP contribution in [0.4, 0.5) is 0 Å². The van der Waals surface area contributed by atoms with E-state index in [1.54, 1.807) is 0 Å². The van der Waals surface area contributed by atoms with Crippen molar-refractivity contribution in [3.8, 4) is 0 Å². The van der Waals surface area contributed by atoms with Gasteiger partial charge in [0, 0.05) is 21.8 Å². The van der Waals surface area contributed by atoms with E-state index in [2.05, 4.69) is 19.2 Å². The Labute approximate surface area is 96.7 Å². The summed E-state index contributed by atoms with van der Waals surface area (Å²) in [5.41, 5.74) is 0. The summed E-state index contributed by atoms with van der Waals surface area (Å²) in [6.45, 7) is 6.44. The van der Waals surface area contributed by atoms with E-state index in [9.17, 15) is 4.21 Å². The molecule has 3 unspecified atom stereocenters. The second-order valence-corrected chi connectivity index (χ2v) is 6.52. The maximum Gasteiger partial charge on any atom is 0.0350 e. The van der Waals surface area contributed by atoms with Gasteiger partial charge in [-0.15, -0.1) is 0 Å². The van der Waals surface area contributed by atoms with E-state index in [-0.39, 0.29) is 0 Å². The number of rotatable bonds is 6. The molecule has 0 amide bonds. The van der Waals surface area contributed by atoms with Crippen molar-refractivity contribution in [1.82, 2.24) is 5.32 Å². The average molecular weight is 231 g/mol. The maximum absolute atomic E-state index is 12.0. The molecule has 1 rings (SSSR count). The largest absolute Gasteiger partial charge is 0.317 e. The fraction of sp³-hybridized carbons (Fsp3) is 1.00. The van der Waals surface area contributed by atoms with Crippen LogP contribution in [0.25, 0.3) is 0 Å². The molecule has 2 nitrogen and oxygen atoms in total. The van der Waals surface area contributed by atoms with Crippen molar-refractivity contribution in [3.05, 3.63) is 0 Å². The quantitative estimate of drug-likeness (QED) is 0.711. The fourth-order valence-corrected chi connectivity index (χ4v) is 4.04. The first kappa shape index (κ1) is 13.2. The molecule has 0 aliphatic heterocycles. The van der Waals surface area contributed by atoms with Crippen LogP contribution in [-0.2, 0) is 10.8 Å². The minimum atomic E-state index is -0.571. The zero-order chi connectivity index (χ0) is 11.1. The molecule has 1 N–H and O–H groups in total. The second kappa shape index (κ2) is 7.39. The van der Waals surface area contributed by atoms with Gasteiger partial charge < -0.3 is 5.32 Å². The highest BCUT2D eigenvalue weighted by Crippen LogP contribution is 2.27. The second-order valence-electron chi connectivity index (χ2n) is 4.69. The third kappa shape index (κ3) is 5.12. The van der Waals surface area contributed by atoms with Gasteiger partial charge in [-0.05, 0) is 38.3 Å². The summed E-state index contributed by atoms with van der Waals surface area (Å²) in [7, 11) is -0.571. The third-order valence-electron chi connectivity index (χ3n) is 3.21. The first-order chi connectivity index (χ1) is 7.24. The van der Waals surface area contributed by atoms with Gasteiger partial charge >= 0.3 is 0 Å². The van der Waals surface area contributed by atoms with Gasteiger partial charge in [-0.25, -0.2) is 0 Å². The molecule has 1 fully saturated rings. The summed E-state index contributed by atoms with van der Waals surface area (Å²) in [4.78, 5) is 0. The molecule has 15 heavy (non-hydrogen) atoms. The van der Waals surface area contributed by atoms with Gasteiger partial charge in [0.05, 0.1) is 0 Å². The van der Waals surface area contributed by atoms with Crippen molar-refractivity contribution >= 4 is 10.8 Å². The van der Waals surface area contributed by atoms with Gasteiger partial charge in [-0.3, -0.25) is 4.21 Å². The normalized spacial score (nSPS) is 28.9. The SMILES string of the molecule is CCNCCCS(=O)C1CCCC(C)C1. The van der Waals surface area contributed by atoms with Crippen molar-refractivity contribution in [1.29, 1.82) is 0 Å². The molecule has 0 aromatic rings. The Morgan fingerprint density at radius 3 is 2.87 bits per heavy atom. The Bertz CT molecular complexity index is 196. The van der Waals surface area contributed by atoms with Crippen LogP contribution < -0.4 is 5.32 Å². The molecule has 0 radical (unpaired) electrons. The van der Waals surface area contributed by atoms with Crippen LogP contribution in [0.5, 0.6) is 0 Å². The zero-order valence-electron chi connectivity index (χ0n) is 10.1. The highest BCUT2D eigenvalue weighted by Gasteiger charge is 2.23. The minimum Gasteiger partial charge on any atom is -0.317 e. The van der Waals surface area contributed by atoms with E-state index in [0.717, 1.165) is 31.2 Å². The van der Waals surface area contributed by atoms with Gasteiger partial charge in [0.2, 0.25) is 0 Å². The standard InChI is InChI=1S/C12H25NOS/c1-3-13-8-5-9-15(14)12-7-4-6-11(2)10-12/h11-13H,3-10H2,1-2H3. The summed E-state index contributed by atoms with van der Waals surface area (Å²) in [6.07, 6.45) is 6.06. The van der Waals surface area contributed by atoms with Crippen LogP contribution in [0.15, 0.2) is 0 Å². The minimum absolute atomic E-state index is 0.496. The molecule has 0 saturated heterocycles. The Morgan fingerprint density at radius 2 is 2.20 bits per heavy atom. The number of hydrogen-bond donors (Lipinski definition) is 1. The molecule has 0 bridgehead atoms. The lowest BCUT2D eigenvalue weighted by molar-refractivity contribution is 0.389. The van der Waals surface area contributed by atoms with E-state index in [0.29, 0.717) is 5.25 Å². The van der Waals surface area contributed by atoms with Crippen molar-refractivity contribution in [2.24, 2.45) is 5.92 Å². The Balaban J connectivity index is 2.15. The molecule has 0 aromatic heterocycles. The van der Waals surface area contributed by atoms with Gasteiger partial charge in [0.15, 0.2) is 0 Å². The first-order valence-electron chi connectivity index (χ1n) is 6.32. The first-order valence-corrected chi connectivity index (χ1v) is 7.70. The number of hydrogen-bond acceptors (Lipinski definition) is 2.